The van der Waals surface area contributed by atoms with Gasteiger partial charge in [0.05, 0.1) is 19.8 Å². The maximum atomic E-state index is 11.9. The summed E-state index contributed by atoms with van der Waals surface area (Å²) in [6.45, 7) is 2.53. The molecule has 1 aromatic carbocycles. The van der Waals surface area contributed by atoms with Crippen molar-refractivity contribution in [1.29, 1.82) is 0 Å². The van der Waals surface area contributed by atoms with E-state index in [1.54, 1.807) is 7.11 Å². The van der Waals surface area contributed by atoms with Crippen molar-refractivity contribution in [3.63, 3.8) is 0 Å². The van der Waals surface area contributed by atoms with Gasteiger partial charge in [-0.1, -0.05) is 24.3 Å². The van der Waals surface area contributed by atoms with Gasteiger partial charge in [-0.25, -0.2) is 0 Å². The molecule has 0 bridgehead atoms. The molecular formula is C16H24N2O3. The van der Waals surface area contributed by atoms with Gasteiger partial charge in [-0.2, -0.15) is 0 Å². The number of ether oxygens (including phenoxy) is 1. The van der Waals surface area contributed by atoms with Crippen LogP contribution >= 0.6 is 0 Å². The second-order valence-corrected chi connectivity index (χ2v) is 5.48. The summed E-state index contributed by atoms with van der Waals surface area (Å²) < 4.78 is 5.07. The topological polar surface area (TPSA) is 61.8 Å². The minimum Gasteiger partial charge on any atom is -0.395 e. The lowest BCUT2D eigenvalue weighted by atomic mass is 10.1. The Morgan fingerprint density at radius 3 is 2.76 bits per heavy atom. The number of amides is 1. The summed E-state index contributed by atoms with van der Waals surface area (Å²) in [5.74, 6) is 0.0105. The zero-order chi connectivity index (χ0) is 15.1. The Kier molecular flexibility index (Phi) is 6.17. The summed E-state index contributed by atoms with van der Waals surface area (Å²) >= 11 is 0. The van der Waals surface area contributed by atoms with E-state index >= 15 is 0 Å². The number of aliphatic hydroxyl groups excluding tert-OH is 1. The number of benzene rings is 1. The monoisotopic (exact) mass is 292 g/mol. The number of hydrogen-bond donors (Lipinski definition) is 2. The van der Waals surface area contributed by atoms with Crippen molar-refractivity contribution in [2.75, 3.05) is 26.8 Å². The SMILES string of the molecule is COCc1ccc(CNC(=O)CN2CCC[C@@H]2CO)cc1. The van der Waals surface area contributed by atoms with E-state index in [1.165, 1.54) is 0 Å². The molecule has 0 radical (unpaired) electrons. The zero-order valence-corrected chi connectivity index (χ0v) is 12.5. The van der Waals surface area contributed by atoms with Crippen LogP contribution in [-0.4, -0.2) is 48.8 Å². The molecule has 0 saturated carbocycles. The highest BCUT2D eigenvalue weighted by Crippen LogP contribution is 2.15. The van der Waals surface area contributed by atoms with E-state index in [9.17, 15) is 9.90 Å². The number of aliphatic hydroxyl groups is 1. The van der Waals surface area contributed by atoms with Crippen LogP contribution in [0.25, 0.3) is 0 Å². The van der Waals surface area contributed by atoms with E-state index in [1.807, 2.05) is 24.3 Å². The number of likely N-dealkylation sites (tertiary alicyclic amines) is 1. The molecule has 1 aromatic rings. The van der Waals surface area contributed by atoms with Crippen LogP contribution in [0.2, 0.25) is 0 Å². The Balaban J connectivity index is 1.75. The lowest BCUT2D eigenvalue weighted by Crippen LogP contribution is -2.40. The first-order valence-corrected chi connectivity index (χ1v) is 7.41. The Bertz CT molecular complexity index is 447. The van der Waals surface area contributed by atoms with E-state index in [4.69, 9.17) is 4.74 Å². The highest BCUT2D eigenvalue weighted by Gasteiger charge is 2.25. The maximum Gasteiger partial charge on any atom is 0.234 e. The van der Waals surface area contributed by atoms with Gasteiger partial charge in [-0.15, -0.1) is 0 Å². The van der Waals surface area contributed by atoms with E-state index in [0.717, 1.165) is 30.5 Å². The fraction of sp³-hybridized carbons (Fsp3) is 0.562. The van der Waals surface area contributed by atoms with Gasteiger partial charge in [0, 0.05) is 19.7 Å². The molecule has 116 valence electrons. The van der Waals surface area contributed by atoms with E-state index < -0.39 is 0 Å². The van der Waals surface area contributed by atoms with Crippen molar-refractivity contribution < 1.29 is 14.6 Å². The van der Waals surface area contributed by atoms with Crippen LogP contribution in [-0.2, 0) is 22.7 Å². The second-order valence-electron chi connectivity index (χ2n) is 5.48. The van der Waals surface area contributed by atoms with Gasteiger partial charge >= 0.3 is 0 Å². The van der Waals surface area contributed by atoms with Gasteiger partial charge in [-0.05, 0) is 30.5 Å². The van der Waals surface area contributed by atoms with Crippen LogP contribution in [0.5, 0.6) is 0 Å². The summed E-state index contributed by atoms with van der Waals surface area (Å²) in [6.07, 6.45) is 2.03. The normalized spacial score (nSPS) is 18.9. The van der Waals surface area contributed by atoms with Gasteiger partial charge in [0.2, 0.25) is 5.91 Å². The molecule has 1 fully saturated rings. The lowest BCUT2D eigenvalue weighted by molar-refractivity contribution is -0.122. The molecule has 0 spiro atoms. The highest BCUT2D eigenvalue weighted by molar-refractivity contribution is 5.78. The molecule has 1 saturated heterocycles. The number of hydrogen-bond acceptors (Lipinski definition) is 4. The maximum absolute atomic E-state index is 11.9. The van der Waals surface area contributed by atoms with Gasteiger partial charge in [-0.3, -0.25) is 9.69 Å². The number of carbonyl (C=O) groups excluding carboxylic acids is 1. The second kappa shape index (κ2) is 8.12. The fourth-order valence-electron chi connectivity index (χ4n) is 2.67. The molecule has 2 rings (SSSR count). The zero-order valence-electron chi connectivity index (χ0n) is 12.5. The molecule has 1 amide bonds. The minimum absolute atomic E-state index is 0.0105. The Morgan fingerprint density at radius 1 is 1.38 bits per heavy atom. The Morgan fingerprint density at radius 2 is 2.10 bits per heavy atom. The largest absolute Gasteiger partial charge is 0.395 e. The van der Waals surface area contributed by atoms with Crippen LogP contribution in [0.4, 0.5) is 0 Å². The lowest BCUT2D eigenvalue weighted by Gasteiger charge is -2.21. The summed E-state index contributed by atoms with van der Waals surface area (Å²) in [5, 5.41) is 12.2. The van der Waals surface area contributed by atoms with Crippen LogP contribution < -0.4 is 5.32 Å². The van der Waals surface area contributed by atoms with Crippen molar-refractivity contribution in [1.82, 2.24) is 10.2 Å². The van der Waals surface area contributed by atoms with Gasteiger partial charge in [0.15, 0.2) is 0 Å². The number of carbonyl (C=O) groups is 1. The Labute approximate surface area is 125 Å². The summed E-state index contributed by atoms with van der Waals surface area (Å²) in [4.78, 5) is 14.0. The first-order chi connectivity index (χ1) is 10.2. The third-order valence-corrected chi connectivity index (χ3v) is 3.88. The number of nitrogens with zero attached hydrogens (tertiary/aromatic N) is 1. The molecule has 5 heteroatoms. The number of methoxy groups -OCH3 is 1. The third kappa shape index (κ3) is 4.81. The Hall–Kier alpha value is -1.43. The average molecular weight is 292 g/mol. The van der Waals surface area contributed by atoms with E-state index in [-0.39, 0.29) is 18.6 Å². The van der Waals surface area contributed by atoms with Gasteiger partial charge in [0.1, 0.15) is 0 Å². The summed E-state index contributed by atoms with van der Waals surface area (Å²) in [5.41, 5.74) is 2.19. The van der Waals surface area contributed by atoms with Crippen LogP contribution in [0.15, 0.2) is 24.3 Å². The number of nitrogens with one attached hydrogen (secondary N) is 1. The van der Waals surface area contributed by atoms with Crippen molar-refractivity contribution in [3.8, 4) is 0 Å². The van der Waals surface area contributed by atoms with Crippen molar-refractivity contribution in [2.45, 2.75) is 32.0 Å². The fourth-order valence-corrected chi connectivity index (χ4v) is 2.67. The van der Waals surface area contributed by atoms with Crippen molar-refractivity contribution in [3.05, 3.63) is 35.4 Å². The van der Waals surface area contributed by atoms with Crippen molar-refractivity contribution >= 4 is 5.91 Å². The quantitative estimate of drug-likeness (QED) is 0.784. The van der Waals surface area contributed by atoms with Crippen molar-refractivity contribution in [2.24, 2.45) is 0 Å². The smallest absolute Gasteiger partial charge is 0.234 e. The standard InChI is InChI=1S/C16H24N2O3/c1-21-12-14-6-4-13(5-7-14)9-17-16(20)10-18-8-2-3-15(18)11-19/h4-7,15,19H,2-3,8-12H2,1H3,(H,17,20)/t15-/m1/s1. The molecule has 5 nitrogen and oxygen atoms in total. The summed E-state index contributed by atoms with van der Waals surface area (Å²) in [6, 6.07) is 8.16. The predicted octanol–water partition coefficient (Wildman–Crippen LogP) is 0.906. The molecule has 1 aliphatic heterocycles. The van der Waals surface area contributed by atoms with Crippen LogP contribution in [0.3, 0.4) is 0 Å². The van der Waals surface area contributed by atoms with Crippen LogP contribution in [0.1, 0.15) is 24.0 Å². The van der Waals surface area contributed by atoms with Gasteiger partial charge < -0.3 is 15.2 Å². The van der Waals surface area contributed by atoms with E-state index in [0.29, 0.717) is 19.7 Å². The molecule has 21 heavy (non-hydrogen) atoms. The predicted molar refractivity (Wildman–Crippen MR) is 80.7 cm³/mol. The molecule has 1 atom stereocenters. The van der Waals surface area contributed by atoms with Crippen LogP contribution in [0, 0.1) is 0 Å². The first kappa shape index (κ1) is 15.9. The minimum atomic E-state index is 0.0105. The first-order valence-electron chi connectivity index (χ1n) is 7.41. The molecule has 1 aliphatic rings. The molecular weight excluding hydrogens is 268 g/mol. The van der Waals surface area contributed by atoms with E-state index in [2.05, 4.69) is 10.2 Å². The van der Waals surface area contributed by atoms with Gasteiger partial charge in [0.25, 0.3) is 0 Å². The molecule has 0 aromatic heterocycles. The third-order valence-electron chi connectivity index (χ3n) is 3.88. The molecule has 0 aliphatic carbocycles. The molecule has 2 N–H and O–H groups in total. The molecule has 1 heterocycles. The highest BCUT2D eigenvalue weighted by atomic mass is 16.5. The average Bonchev–Trinajstić information content (AvgIpc) is 2.94. The summed E-state index contributed by atoms with van der Waals surface area (Å²) in [7, 11) is 1.67. The molecule has 0 unspecified atom stereocenters. The number of rotatable bonds is 7.